The number of methoxy groups -OCH3 is 1. The Labute approximate surface area is 105 Å². The number of aryl methyl sites for hydroxylation is 1. The molecule has 16 heavy (non-hydrogen) atoms. The SMILES string of the molecule is COc1c(O)cc(I)c2oc(=O)cc(C)c12. The quantitative estimate of drug-likeness (QED) is 0.644. The third-order valence-electron chi connectivity index (χ3n) is 2.30. The third kappa shape index (κ3) is 1.64. The topological polar surface area (TPSA) is 59.7 Å². The summed E-state index contributed by atoms with van der Waals surface area (Å²) in [5, 5.41) is 10.4. The molecule has 0 amide bonds. The number of hydrogen-bond acceptors (Lipinski definition) is 4. The van der Waals surface area contributed by atoms with Crippen LogP contribution < -0.4 is 10.4 Å². The minimum Gasteiger partial charge on any atom is -0.504 e. The van der Waals surface area contributed by atoms with Crippen molar-refractivity contribution in [2.75, 3.05) is 7.11 Å². The number of halogens is 1. The van der Waals surface area contributed by atoms with Gasteiger partial charge in [-0.15, -0.1) is 0 Å². The third-order valence-corrected chi connectivity index (χ3v) is 3.10. The average molecular weight is 332 g/mol. The van der Waals surface area contributed by atoms with E-state index >= 15 is 0 Å². The molecule has 0 radical (unpaired) electrons. The minimum atomic E-state index is -0.407. The molecule has 1 N–H and O–H groups in total. The van der Waals surface area contributed by atoms with Crippen LogP contribution in [0.1, 0.15) is 5.56 Å². The Hall–Kier alpha value is -1.24. The predicted molar refractivity (Wildman–Crippen MR) is 68.2 cm³/mol. The van der Waals surface area contributed by atoms with Gasteiger partial charge in [-0.05, 0) is 35.1 Å². The van der Waals surface area contributed by atoms with Crippen molar-refractivity contribution >= 4 is 33.6 Å². The second kappa shape index (κ2) is 3.97. The predicted octanol–water partition coefficient (Wildman–Crippen LogP) is 2.42. The molecule has 0 saturated heterocycles. The second-order valence-corrected chi connectivity index (χ2v) is 4.53. The maximum absolute atomic E-state index is 11.3. The number of phenols is 1. The lowest BCUT2D eigenvalue weighted by Gasteiger charge is -2.10. The fourth-order valence-electron chi connectivity index (χ4n) is 1.65. The van der Waals surface area contributed by atoms with Gasteiger partial charge in [-0.2, -0.15) is 0 Å². The summed E-state index contributed by atoms with van der Waals surface area (Å²) in [6, 6.07) is 2.88. The number of fused-ring (bicyclic) bond motifs is 1. The van der Waals surface area contributed by atoms with Gasteiger partial charge < -0.3 is 14.3 Å². The molecule has 5 heteroatoms. The Kier molecular flexibility index (Phi) is 2.79. The molecular weight excluding hydrogens is 323 g/mol. The molecule has 1 aromatic heterocycles. The number of hydrogen-bond donors (Lipinski definition) is 1. The summed E-state index contributed by atoms with van der Waals surface area (Å²) in [6.07, 6.45) is 0. The van der Waals surface area contributed by atoms with E-state index in [0.717, 1.165) is 5.56 Å². The van der Waals surface area contributed by atoms with Crippen molar-refractivity contribution in [3.05, 3.63) is 31.7 Å². The fraction of sp³-hybridized carbons (Fsp3) is 0.182. The monoisotopic (exact) mass is 332 g/mol. The van der Waals surface area contributed by atoms with Gasteiger partial charge in [-0.3, -0.25) is 0 Å². The molecule has 2 aromatic rings. The van der Waals surface area contributed by atoms with Crippen LogP contribution in [0.15, 0.2) is 21.3 Å². The maximum Gasteiger partial charge on any atom is 0.336 e. The van der Waals surface area contributed by atoms with E-state index in [2.05, 4.69) is 0 Å². The Bertz CT molecular complexity index is 615. The van der Waals surface area contributed by atoms with Crippen LogP contribution in [-0.2, 0) is 0 Å². The summed E-state index contributed by atoms with van der Waals surface area (Å²) in [5.41, 5.74) is 0.757. The number of phenolic OH excluding ortho intramolecular Hbond substituents is 1. The zero-order valence-corrected chi connectivity index (χ0v) is 10.9. The standard InChI is InChI=1S/C11H9IO4/c1-5-3-8(14)16-10-6(12)4-7(13)11(15-2)9(5)10/h3-4,13H,1-2H3. The normalized spacial score (nSPS) is 10.7. The smallest absolute Gasteiger partial charge is 0.336 e. The van der Waals surface area contributed by atoms with Crippen molar-refractivity contribution < 1.29 is 14.3 Å². The highest BCUT2D eigenvalue weighted by Crippen LogP contribution is 2.38. The summed E-state index contributed by atoms with van der Waals surface area (Å²) in [6.45, 7) is 1.78. The highest BCUT2D eigenvalue weighted by atomic mass is 127. The first-order valence-corrected chi connectivity index (χ1v) is 5.62. The molecular formula is C11H9IO4. The number of benzene rings is 1. The van der Waals surface area contributed by atoms with Crippen LogP contribution in [0.3, 0.4) is 0 Å². The van der Waals surface area contributed by atoms with Gasteiger partial charge in [0, 0.05) is 12.1 Å². The molecule has 0 unspecified atom stereocenters. The van der Waals surface area contributed by atoms with E-state index in [-0.39, 0.29) is 5.75 Å². The van der Waals surface area contributed by atoms with Crippen LogP contribution in [0.4, 0.5) is 0 Å². The highest BCUT2D eigenvalue weighted by molar-refractivity contribution is 14.1. The molecule has 2 rings (SSSR count). The van der Waals surface area contributed by atoms with E-state index in [9.17, 15) is 9.90 Å². The molecule has 0 saturated carbocycles. The van der Waals surface area contributed by atoms with E-state index in [4.69, 9.17) is 9.15 Å². The molecule has 0 spiro atoms. The number of rotatable bonds is 1. The molecule has 0 bridgehead atoms. The summed E-state index contributed by atoms with van der Waals surface area (Å²) in [4.78, 5) is 11.3. The van der Waals surface area contributed by atoms with Crippen molar-refractivity contribution in [2.24, 2.45) is 0 Å². The lowest BCUT2D eigenvalue weighted by Crippen LogP contribution is -2.00. The minimum absolute atomic E-state index is 0.0383. The zero-order chi connectivity index (χ0) is 11.9. The van der Waals surface area contributed by atoms with Gasteiger partial charge in [0.15, 0.2) is 17.1 Å². The van der Waals surface area contributed by atoms with Crippen LogP contribution in [0.25, 0.3) is 11.0 Å². The zero-order valence-electron chi connectivity index (χ0n) is 8.70. The van der Waals surface area contributed by atoms with Crippen LogP contribution >= 0.6 is 22.6 Å². The van der Waals surface area contributed by atoms with Gasteiger partial charge in [-0.25, -0.2) is 4.79 Å². The van der Waals surface area contributed by atoms with E-state index < -0.39 is 5.63 Å². The van der Waals surface area contributed by atoms with Crippen LogP contribution in [0, 0.1) is 10.5 Å². The van der Waals surface area contributed by atoms with Gasteiger partial charge in [0.1, 0.15) is 0 Å². The summed E-state index contributed by atoms with van der Waals surface area (Å²) >= 11 is 2.00. The Morgan fingerprint density at radius 3 is 2.75 bits per heavy atom. The van der Waals surface area contributed by atoms with Crippen molar-refractivity contribution in [1.82, 2.24) is 0 Å². The summed E-state index contributed by atoms with van der Waals surface area (Å²) in [5.74, 6) is 0.369. The Morgan fingerprint density at radius 2 is 2.12 bits per heavy atom. The molecule has 0 aliphatic carbocycles. The van der Waals surface area contributed by atoms with Gasteiger partial charge in [0.05, 0.1) is 16.1 Å². The summed E-state index contributed by atoms with van der Waals surface area (Å²) in [7, 11) is 1.46. The van der Waals surface area contributed by atoms with Crippen molar-refractivity contribution in [2.45, 2.75) is 6.92 Å². The van der Waals surface area contributed by atoms with Crippen LogP contribution in [0.2, 0.25) is 0 Å². The second-order valence-electron chi connectivity index (χ2n) is 3.36. The maximum atomic E-state index is 11.3. The first-order valence-electron chi connectivity index (χ1n) is 4.54. The molecule has 0 fully saturated rings. The van der Waals surface area contributed by atoms with Gasteiger partial charge in [0.25, 0.3) is 0 Å². The first-order chi connectivity index (χ1) is 7.54. The van der Waals surface area contributed by atoms with Crippen molar-refractivity contribution in [3.63, 3.8) is 0 Å². The number of ether oxygens (including phenoxy) is 1. The summed E-state index contributed by atoms with van der Waals surface area (Å²) < 4.78 is 10.9. The van der Waals surface area contributed by atoms with Crippen LogP contribution in [-0.4, -0.2) is 12.2 Å². The Morgan fingerprint density at radius 1 is 1.44 bits per heavy atom. The van der Waals surface area contributed by atoms with Crippen molar-refractivity contribution in [1.29, 1.82) is 0 Å². The molecule has 1 heterocycles. The molecule has 0 aliphatic heterocycles. The number of aromatic hydroxyl groups is 1. The fourth-order valence-corrected chi connectivity index (χ4v) is 2.32. The van der Waals surface area contributed by atoms with Gasteiger partial charge in [0.2, 0.25) is 0 Å². The van der Waals surface area contributed by atoms with E-state index in [1.165, 1.54) is 19.2 Å². The molecule has 0 atom stereocenters. The lowest BCUT2D eigenvalue weighted by atomic mass is 10.1. The van der Waals surface area contributed by atoms with Crippen LogP contribution in [0.5, 0.6) is 11.5 Å². The van der Waals surface area contributed by atoms with Crippen molar-refractivity contribution in [3.8, 4) is 11.5 Å². The molecule has 0 aliphatic rings. The molecule has 4 nitrogen and oxygen atoms in total. The lowest BCUT2D eigenvalue weighted by molar-refractivity contribution is 0.376. The largest absolute Gasteiger partial charge is 0.504 e. The highest BCUT2D eigenvalue weighted by Gasteiger charge is 2.15. The average Bonchev–Trinajstić information content (AvgIpc) is 2.20. The van der Waals surface area contributed by atoms with E-state index in [0.29, 0.717) is 20.3 Å². The van der Waals surface area contributed by atoms with Gasteiger partial charge >= 0.3 is 5.63 Å². The molecule has 1 aromatic carbocycles. The van der Waals surface area contributed by atoms with E-state index in [1.807, 2.05) is 22.6 Å². The molecule has 84 valence electrons. The Balaban J connectivity index is 3.05. The van der Waals surface area contributed by atoms with E-state index in [1.54, 1.807) is 6.92 Å². The first kappa shape index (κ1) is 11.3. The van der Waals surface area contributed by atoms with Gasteiger partial charge in [-0.1, -0.05) is 0 Å².